The van der Waals surface area contributed by atoms with Crippen molar-refractivity contribution in [3.63, 3.8) is 0 Å². The number of nitrogens with one attached hydrogen (secondary N) is 1. The summed E-state index contributed by atoms with van der Waals surface area (Å²) in [5.41, 5.74) is 4.97. The molecule has 4 rings (SSSR count). The van der Waals surface area contributed by atoms with Crippen LogP contribution in [0.25, 0.3) is 0 Å². The quantitative estimate of drug-likeness (QED) is 0.325. The third kappa shape index (κ3) is 7.37. The predicted molar refractivity (Wildman–Crippen MR) is 151 cm³/mol. The van der Waals surface area contributed by atoms with Gasteiger partial charge in [-0.3, -0.25) is 9.59 Å². The number of rotatable bonds is 9. The number of halogens is 2. The lowest BCUT2D eigenvalue weighted by atomic mass is 9.99. The highest BCUT2D eigenvalue weighted by Gasteiger charge is 2.32. The molecule has 0 bridgehead atoms. The van der Waals surface area contributed by atoms with E-state index in [1.54, 1.807) is 17.0 Å². The van der Waals surface area contributed by atoms with Crippen LogP contribution >= 0.6 is 23.2 Å². The zero-order valence-corrected chi connectivity index (χ0v) is 23.0. The first-order valence-electron chi connectivity index (χ1n) is 12.9. The van der Waals surface area contributed by atoms with Gasteiger partial charge in [-0.1, -0.05) is 96.2 Å². The molecule has 0 radical (unpaired) electrons. The van der Waals surface area contributed by atoms with Gasteiger partial charge in [0.05, 0.1) is 16.5 Å². The molecule has 4 nitrogen and oxygen atoms in total. The first kappa shape index (κ1) is 27.2. The maximum Gasteiger partial charge on any atom is 0.243 e. The molecule has 1 fully saturated rings. The summed E-state index contributed by atoms with van der Waals surface area (Å²) in [5.74, 6) is -0.201. The number of hydrogen-bond acceptors (Lipinski definition) is 2. The van der Waals surface area contributed by atoms with Crippen molar-refractivity contribution in [2.45, 2.75) is 71.0 Å². The number of aryl methyl sites for hydroxylation is 2. The molecule has 1 aliphatic rings. The van der Waals surface area contributed by atoms with Gasteiger partial charge in [0.25, 0.3) is 0 Å². The summed E-state index contributed by atoms with van der Waals surface area (Å²) >= 11 is 12.5. The van der Waals surface area contributed by atoms with Crippen molar-refractivity contribution in [2.24, 2.45) is 0 Å². The van der Waals surface area contributed by atoms with Gasteiger partial charge in [-0.2, -0.15) is 0 Å². The molecule has 3 aromatic carbocycles. The normalized spacial score (nSPS) is 14.4. The molecule has 1 unspecified atom stereocenters. The highest BCUT2D eigenvalue weighted by molar-refractivity contribution is 6.42. The number of nitrogens with zero attached hydrogens (tertiary/aromatic N) is 1. The molecule has 6 heteroatoms. The average molecular weight is 538 g/mol. The van der Waals surface area contributed by atoms with Crippen LogP contribution in [0.3, 0.4) is 0 Å². The Morgan fingerprint density at radius 3 is 2.35 bits per heavy atom. The molecule has 2 amide bonds. The Hall–Kier alpha value is -2.82. The summed E-state index contributed by atoms with van der Waals surface area (Å²) in [6.07, 6.45) is 4.84. The first-order chi connectivity index (χ1) is 17.8. The number of amides is 2. The molecule has 0 heterocycles. The molecule has 0 aliphatic heterocycles. The Kier molecular flexibility index (Phi) is 9.28. The summed E-state index contributed by atoms with van der Waals surface area (Å²) in [6, 6.07) is 20.9. The summed E-state index contributed by atoms with van der Waals surface area (Å²) in [6.45, 7) is 4.30. The van der Waals surface area contributed by atoms with Gasteiger partial charge in [0.1, 0.15) is 6.04 Å². The van der Waals surface area contributed by atoms with Crippen LogP contribution in [-0.4, -0.2) is 28.8 Å². The summed E-state index contributed by atoms with van der Waals surface area (Å²) < 4.78 is 0. The van der Waals surface area contributed by atoms with Crippen molar-refractivity contribution in [3.05, 3.63) is 105 Å². The van der Waals surface area contributed by atoms with E-state index in [1.165, 1.54) is 0 Å². The lowest BCUT2D eigenvalue weighted by Crippen LogP contribution is -2.52. The van der Waals surface area contributed by atoms with Crippen LogP contribution < -0.4 is 5.32 Å². The Morgan fingerprint density at radius 1 is 0.919 bits per heavy atom. The molecule has 194 valence electrons. The van der Waals surface area contributed by atoms with Gasteiger partial charge < -0.3 is 10.2 Å². The van der Waals surface area contributed by atoms with Crippen LogP contribution in [0.5, 0.6) is 0 Å². The first-order valence-corrected chi connectivity index (χ1v) is 13.7. The highest BCUT2D eigenvalue weighted by Crippen LogP contribution is 2.25. The second-order valence-corrected chi connectivity index (χ2v) is 10.9. The molecule has 3 aromatic rings. The standard InChI is InChI=1S/C31H34Cl2N2O2/c1-21-12-13-22(2)25(16-21)19-30(36)35(20-24-14-15-27(32)28(33)17-24)29(18-23-8-4-3-5-9-23)31(37)34-26-10-6-7-11-26/h3-5,8-9,12-17,26,29H,6-7,10-11,18-20H2,1-2H3,(H,34,37). The van der Waals surface area contributed by atoms with Gasteiger partial charge in [-0.25, -0.2) is 0 Å². The minimum absolute atomic E-state index is 0.0951. The van der Waals surface area contributed by atoms with E-state index in [0.717, 1.165) is 53.5 Å². The van der Waals surface area contributed by atoms with E-state index in [-0.39, 0.29) is 30.8 Å². The topological polar surface area (TPSA) is 49.4 Å². The minimum Gasteiger partial charge on any atom is -0.352 e. The van der Waals surface area contributed by atoms with Gasteiger partial charge in [0.2, 0.25) is 11.8 Å². The molecule has 0 spiro atoms. The number of carbonyl (C=O) groups is 2. The molecular formula is C31H34Cl2N2O2. The fraction of sp³-hybridized carbons (Fsp3) is 0.355. The maximum absolute atomic E-state index is 14.0. The van der Waals surface area contributed by atoms with Crippen molar-refractivity contribution < 1.29 is 9.59 Å². The molecule has 1 saturated carbocycles. The van der Waals surface area contributed by atoms with Crippen molar-refractivity contribution in [1.29, 1.82) is 0 Å². The van der Waals surface area contributed by atoms with Crippen LogP contribution in [0.1, 0.15) is 53.5 Å². The maximum atomic E-state index is 14.0. The Balaban J connectivity index is 1.69. The SMILES string of the molecule is Cc1ccc(C)c(CC(=O)N(Cc2ccc(Cl)c(Cl)c2)C(Cc2ccccc2)C(=O)NC2CCCC2)c1. The fourth-order valence-electron chi connectivity index (χ4n) is 5.01. The molecular weight excluding hydrogens is 503 g/mol. The molecule has 1 N–H and O–H groups in total. The highest BCUT2D eigenvalue weighted by atomic mass is 35.5. The molecule has 1 aliphatic carbocycles. The van der Waals surface area contributed by atoms with Gasteiger partial charge in [0, 0.05) is 19.0 Å². The van der Waals surface area contributed by atoms with E-state index in [0.29, 0.717) is 16.5 Å². The van der Waals surface area contributed by atoms with Crippen LogP contribution in [0.4, 0.5) is 0 Å². The fourth-order valence-corrected chi connectivity index (χ4v) is 5.33. The summed E-state index contributed by atoms with van der Waals surface area (Å²) in [7, 11) is 0. The molecule has 0 saturated heterocycles. The monoisotopic (exact) mass is 536 g/mol. The van der Waals surface area contributed by atoms with Gasteiger partial charge >= 0.3 is 0 Å². The third-order valence-electron chi connectivity index (χ3n) is 7.16. The van der Waals surface area contributed by atoms with Crippen molar-refractivity contribution >= 4 is 35.0 Å². The lowest BCUT2D eigenvalue weighted by molar-refractivity contribution is -0.141. The summed E-state index contributed by atoms with van der Waals surface area (Å²) in [5, 5.41) is 4.13. The van der Waals surface area contributed by atoms with E-state index in [1.807, 2.05) is 62.4 Å². The van der Waals surface area contributed by atoms with Crippen molar-refractivity contribution in [1.82, 2.24) is 10.2 Å². The smallest absolute Gasteiger partial charge is 0.243 e. The summed E-state index contributed by atoms with van der Waals surface area (Å²) in [4.78, 5) is 29.5. The molecule has 0 aromatic heterocycles. The largest absolute Gasteiger partial charge is 0.352 e. The van der Waals surface area contributed by atoms with Gasteiger partial charge in [-0.05, 0) is 61.1 Å². The zero-order valence-electron chi connectivity index (χ0n) is 21.5. The Labute approximate surface area is 230 Å². The zero-order chi connectivity index (χ0) is 26.4. The van der Waals surface area contributed by atoms with Crippen LogP contribution in [0.15, 0.2) is 66.7 Å². The van der Waals surface area contributed by atoms with E-state index >= 15 is 0 Å². The average Bonchev–Trinajstić information content (AvgIpc) is 3.39. The van der Waals surface area contributed by atoms with E-state index in [2.05, 4.69) is 11.4 Å². The number of hydrogen-bond donors (Lipinski definition) is 1. The van der Waals surface area contributed by atoms with Crippen LogP contribution in [-0.2, 0) is 29.0 Å². The van der Waals surface area contributed by atoms with Crippen molar-refractivity contribution in [2.75, 3.05) is 0 Å². The third-order valence-corrected chi connectivity index (χ3v) is 7.89. The second-order valence-electron chi connectivity index (χ2n) is 10.1. The molecule has 37 heavy (non-hydrogen) atoms. The van der Waals surface area contributed by atoms with Gasteiger partial charge in [-0.15, -0.1) is 0 Å². The number of carbonyl (C=O) groups excluding carboxylic acids is 2. The van der Waals surface area contributed by atoms with Crippen LogP contribution in [0, 0.1) is 13.8 Å². The minimum atomic E-state index is -0.657. The Morgan fingerprint density at radius 2 is 1.65 bits per heavy atom. The van der Waals surface area contributed by atoms with E-state index in [4.69, 9.17) is 23.2 Å². The lowest BCUT2D eigenvalue weighted by Gasteiger charge is -2.32. The van der Waals surface area contributed by atoms with Crippen LogP contribution in [0.2, 0.25) is 10.0 Å². The predicted octanol–water partition coefficient (Wildman–Crippen LogP) is 6.85. The van der Waals surface area contributed by atoms with Crippen molar-refractivity contribution in [3.8, 4) is 0 Å². The Bertz CT molecular complexity index is 1240. The van der Waals surface area contributed by atoms with E-state index < -0.39 is 6.04 Å². The molecule has 1 atom stereocenters. The van der Waals surface area contributed by atoms with Gasteiger partial charge in [0.15, 0.2) is 0 Å². The number of benzene rings is 3. The second kappa shape index (κ2) is 12.6. The van der Waals surface area contributed by atoms with E-state index in [9.17, 15) is 9.59 Å².